The van der Waals surface area contributed by atoms with E-state index in [4.69, 9.17) is 4.74 Å². The Balaban J connectivity index is 1.40. The number of carboxylic acids is 1. The Morgan fingerprint density at radius 3 is 2.65 bits per heavy atom. The third kappa shape index (κ3) is 2.85. The van der Waals surface area contributed by atoms with Crippen LogP contribution in [0, 0.1) is 0 Å². The highest BCUT2D eigenvalue weighted by atomic mass is 16.5. The van der Waals surface area contributed by atoms with Crippen molar-refractivity contribution in [2.75, 3.05) is 39.4 Å². The van der Waals surface area contributed by atoms with Crippen molar-refractivity contribution in [1.82, 2.24) is 19.6 Å². The number of rotatable bonds is 4. The molecule has 3 heterocycles. The molecular weight excluding hydrogens is 336 g/mol. The molecule has 1 atom stereocenters. The fraction of sp³-hybridized carbons (Fsp3) is 0.500. The van der Waals surface area contributed by atoms with Crippen LogP contribution in [0.2, 0.25) is 0 Å². The molecule has 0 spiro atoms. The number of carbonyl (C=O) groups is 2. The number of nitrogens with zero attached hydrogens (tertiary/aromatic N) is 4. The molecule has 2 aliphatic rings. The van der Waals surface area contributed by atoms with E-state index in [1.807, 2.05) is 29.2 Å². The average molecular weight is 358 g/mol. The number of para-hydroxylation sites is 1. The van der Waals surface area contributed by atoms with Gasteiger partial charge in [-0.2, -0.15) is 5.10 Å². The van der Waals surface area contributed by atoms with Crippen molar-refractivity contribution in [3.63, 3.8) is 0 Å². The lowest BCUT2D eigenvalue weighted by atomic mass is 9.95. The monoisotopic (exact) mass is 358 g/mol. The van der Waals surface area contributed by atoms with Crippen LogP contribution in [0.5, 0.6) is 0 Å². The number of carboxylic acid groups (broad SMARTS) is 1. The number of piperazine rings is 1. The SMILES string of the molecule is O=C(Cn1ncc2ccccc21)N1CCN(C2(C(=O)O)CCOC2)CC1. The van der Waals surface area contributed by atoms with Crippen LogP contribution in [-0.4, -0.2) is 81.5 Å². The van der Waals surface area contributed by atoms with Crippen LogP contribution in [-0.2, 0) is 20.9 Å². The minimum absolute atomic E-state index is 0.00514. The van der Waals surface area contributed by atoms with E-state index in [0.717, 1.165) is 10.9 Å². The van der Waals surface area contributed by atoms with Crippen LogP contribution in [0.15, 0.2) is 30.5 Å². The summed E-state index contributed by atoms with van der Waals surface area (Å²) >= 11 is 0. The van der Waals surface area contributed by atoms with Gasteiger partial charge in [-0.15, -0.1) is 0 Å². The Hall–Kier alpha value is -2.45. The van der Waals surface area contributed by atoms with Gasteiger partial charge < -0.3 is 14.7 Å². The van der Waals surface area contributed by atoms with Gasteiger partial charge in [-0.1, -0.05) is 18.2 Å². The highest BCUT2D eigenvalue weighted by molar-refractivity contribution is 5.82. The standard InChI is InChI=1S/C18H22N4O4/c23-16(12-22-15-4-2-1-3-14(15)11-19-22)20-6-8-21(9-7-20)18(17(24)25)5-10-26-13-18/h1-4,11H,5-10,12-13H2,(H,24,25). The Morgan fingerprint density at radius 2 is 1.96 bits per heavy atom. The van der Waals surface area contributed by atoms with E-state index in [1.165, 1.54) is 0 Å². The lowest BCUT2D eigenvalue weighted by Gasteiger charge is -2.42. The van der Waals surface area contributed by atoms with Gasteiger partial charge in [0.25, 0.3) is 0 Å². The number of aliphatic carboxylic acids is 1. The molecule has 1 aromatic carbocycles. The van der Waals surface area contributed by atoms with E-state index in [0.29, 0.717) is 39.2 Å². The van der Waals surface area contributed by atoms with Crippen LogP contribution in [0.25, 0.3) is 10.9 Å². The van der Waals surface area contributed by atoms with Gasteiger partial charge in [-0.05, 0) is 6.07 Å². The highest BCUT2D eigenvalue weighted by Crippen LogP contribution is 2.28. The quantitative estimate of drug-likeness (QED) is 0.853. The van der Waals surface area contributed by atoms with Crippen molar-refractivity contribution in [3.05, 3.63) is 30.5 Å². The molecule has 1 unspecified atom stereocenters. The van der Waals surface area contributed by atoms with Gasteiger partial charge in [0.1, 0.15) is 12.1 Å². The normalized spacial score (nSPS) is 24.2. The van der Waals surface area contributed by atoms with E-state index >= 15 is 0 Å². The van der Waals surface area contributed by atoms with Crippen LogP contribution in [0.4, 0.5) is 0 Å². The Bertz CT molecular complexity index is 819. The molecule has 1 aromatic heterocycles. The summed E-state index contributed by atoms with van der Waals surface area (Å²) in [6.07, 6.45) is 2.26. The molecule has 26 heavy (non-hydrogen) atoms. The van der Waals surface area contributed by atoms with Crippen molar-refractivity contribution in [3.8, 4) is 0 Å². The first-order valence-corrected chi connectivity index (χ1v) is 8.85. The first-order valence-electron chi connectivity index (χ1n) is 8.85. The van der Waals surface area contributed by atoms with Gasteiger partial charge >= 0.3 is 5.97 Å². The molecule has 0 bridgehead atoms. The van der Waals surface area contributed by atoms with Gasteiger partial charge in [0.2, 0.25) is 5.91 Å². The molecule has 1 amide bonds. The zero-order valence-corrected chi connectivity index (χ0v) is 14.5. The summed E-state index contributed by atoms with van der Waals surface area (Å²) < 4.78 is 7.06. The minimum Gasteiger partial charge on any atom is -0.480 e. The van der Waals surface area contributed by atoms with Gasteiger partial charge in [0.15, 0.2) is 0 Å². The maximum atomic E-state index is 12.7. The van der Waals surface area contributed by atoms with E-state index < -0.39 is 11.5 Å². The topological polar surface area (TPSA) is 87.9 Å². The second-order valence-corrected chi connectivity index (χ2v) is 6.87. The van der Waals surface area contributed by atoms with Gasteiger partial charge in [-0.25, -0.2) is 0 Å². The first-order chi connectivity index (χ1) is 12.6. The Kier molecular flexibility index (Phi) is 4.37. The maximum absolute atomic E-state index is 12.7. The van der Waals surface area contributed by atoms with Crippen molar-refractivity contribution in [2.24, 2.45) is 0 Å². The lowest BCUT2D eigenvalue weighted by molar-refractivity contribution is -0.154. The molecule has 8 heteroatoms. The molecule has 1 N–H and O–H groups in total. The molecule has 2 saturated heterocycles. The minimum atomic E-state index is -0.937. The smallest absolute Gasteiger partial charge is 0.326 e. The van der Waals surface area contributed by atoms with Crippen LogP contribution < -0.4 is 0 Å². The fourth-order valence-electron chi connectivity index (χ4n) is 3.87. The molecule has 2 aliphatic heterocycles. The number of ether oxygens (including phenoxy) is 1. The number of amides is 1. The van der Waals surface area contributed by atoms with Crippen molar-refractivity contribution >= 4 is 22.8 Å². The largest absolute Gasteiger partial charge is 0.480 e. The summed E-state index contributed by atoms with van der Waals surface area (Å²) in [6, 6.07) is 7.79. The molecule has 0 saturated carbocycles. The van der Waals surface area contributed by atoms with Gasteiger partial charge in [0.05, 0.1) is 18.3 Å². The number of aromatic nitrogens is 2. The third-order valence-electron chi connectivity index (χ3n) is 5.47. The molecule has 8 nitrogen and oxygen atoms in total. The number of hydrogen-bond donors (Lipinski definition) is 1. The lowest BCUT2D eigenvalue weighted by Crippen LogP contribution is -2.62. The number of hydrogen-bond acceptors (Lipinski definition) is 5. The number of carbonyl (C=O) groups excluding carboxylic acids is 1. The molecule has 2 aromatic rings. The van der Waals surface area contributed by atoms with Crippen LogP contribution >= 0.6 is 0 Å². The molecule has 0 aliphatic carbocycles. The molecule has 0 radical (unpaired) electrons. The molecule has 2 fully saturated rings. The predicted octanol–water partition coefficient (Wildman–Crippen LogP) is 0.424. The average Bonchev–Trinajstić information content (AvgIpc) is 3.30. The summed E-state index contributed by atoms with van der Waals surface area (Å²) in [6.45, 7) is 3.01. The van der Waals surface area contributed by atoms with E-state index in [9.17, 15) is 14.7 Å². The highest BCUT2D eigenvalue weighted by Gasteiger charge is 2.48. The van der Waals surface area contributed by atoms with Gasteiger partial charge in [0, 0.05) is 44.6 Å². The summed E-state index contributed by atoms with van der Waals surface area (Å²) in [4.78, 5) is 28.2. The van der Waals surface area contributed by atoms with Gasteiger partial charge in [-0.3, -0.25) is 19.2 Å². The van der Waals surface area contributed by atoms with Crippen LogP contribution in [0.1, 0.15) is 6.42 Å². The van der Waals surface area contributed by atoms with E-state index in [1.54, 1.807) is 15.8 Å². The predicted molar refractivity (Wildman–Crippen MR) is 93.7 cm³/mol. The zero-order valence-electron chi connectivity index (χ0n) is 14.5. The fourth-order valence-corrected chi connectivity index (χ4v) is 3.87. The second kappa shape index (κ2) is 6.69. The number of fused-ring (bicyclic) bond motifs is 1. The van der Waals surface area contributed by atoms with Crippen molar-refractivity contribution < 1.29 is 19.4 Å². The first kappa shape index (κ1) is 17.0. The Labute approximate surface area is 150 Å². The van der Waals surface area contributed by atoms with E-state index in [2.05, 4.69) is 5.10 Å². The molecular formula is C18H22N4O4. The van der Waals surface area contributed by atoms with Crippen LogP contribution in [0.3, 0.4) is 0 Å². The third-order valence-corrected chi connectivity index (χ3v) is 5.47. The number of benzene rings is 1. The van der Waals surface area contributed by atoms with E-state index in [-0.39, 0.29) is 19.1 Å². The van der Waals surface area contributed by atoms with Crippen molar-refractivity contribution in [2.45, 2.75) is 18.5 Å². The molecule has 138 valence electrons. The maximum Gasteiger partial charge on any atom is 0.326 e. The molecule has 4 rings (SSSR count). The second-order valence-electron chi connectivity index (χ2n) is 6.87. The summed E-state index contributed by atoms with van der Waals surface area (Å²) in [5.41, 5.74) is 0.000247. The Morgan fingerprint density at radius 1 is 1.19 bits per heavy atom. The summed E-state index contributed by atoms with van der Waals surface area (Å²) in [5.74, 6) is -0.830. The zero-order chi connectivity index (χ0) is 18.1. The summed E-state index contributed by atoms with van der Waals surface area (Å²) in [7, 11) is 0. The van der Waals surface area contributed by atoms with Crippen molar-refractivity contribution in [1.29, 1.82) is 0 Å². The summed E-state index contributed by atoms with van der Waals surface area (Å²) in [5, 5.41) is 15.0.